The van der Waals surface area contributed by atoms with Crippen LogP contribution in [0.3, 0.4) is 0 Å². The van der Waals surface area contributed by atoms with Gasteiger partial charge in [0.1, 0.15) is 17.2 Å². The molecular formula is C22H17ClN4O2. The molecule has 5 rings (SSSR count). The van der Waals surface area contributed by atoms with Gasteiger partial charge in [-0.2, -0.15) is 4.98 Å². The molecule has 6 nitrogen and oxygen atoms in total. The van der Waals surface area contributed by atoms with Gasteiger partial charge in [0.2, 0.25) is 0 Å². The Morgan fingerprint density at radius 3 is 2.66 bits per heavy atom. The van der Waals surface area contributed by atoms with Crippen molar-refractivity contribution in [2.45, 2.75) is 20.3 Å². The minimum absolute atomic E-state index is 0.423. The molecular weight excluding hydrogens is 388 g/mol. The van der Waals surface area contributed by atoms with E-state index in [1.807, 2.05) is 44.2 Å². The van der Waals surface area contributed by atoms with Gasteiger partial charge in [0, 0.05) is 16.8 Å². The van der Waals surface area contributed by atoms with Gasteiger partial charge in [-0.05, 0) is 48.9 Å². The lowest BCUT2D eigenvalue weighted by molar-refractivity contribution is 0.422. The third-order valence-electron chi connectivity index (χ3n) is 4.90. The Kier molecular flexibility index (Phi) is 4.21. The number of pyridine rings is 1. The topological polar surface area (TPSA) is 76.8 Å². The summed E-state index contributed by atoms with van der Waals surface area (Å²) in [6.07, 6.45) is 2.50. The van der Waals surface area contributed by atoms with Crippen LogP contribution in [0.1, 0.15) is 18.3 Å². The fourth-order valence-corrected chi connectivity index (χ4v) is 3.62. The van der Waals surface area contributed by atoms with E-state index in [0.29, 0.717) is 34.6 Å². The highest BCUT2D eigenvalue weighted by Gasteiger charge is 2.19. The van der Waals surface area contributed by atoms with Crippen molar-refractivity contribution >= 4 is 33.4 Å². The number of fused-ring (bicyclic) bond motifs is 3. The number of halogens is 1. The summed E-state index contributed by atoms with van der Waals surface area (Å²) in [7, 11) is 0. The first-order valence-electron chi connectivity index (χ1n) is 9.30. The van der Waals surface area contributed by atoms with Crippen molar-refractivity contribution in [3.63, 3.8) is 0 Å². The quantitative estimate of drug-likeness (QED) is 0.392. The molecule has 0 saturated carbocycles. The van der Waals surface area contributed by atoms with Gasteiger partial charge >= 0.3 is 0 Å². The Bertz CT molecular complexity index is 1340. The zero-order chi connectivity index (χ0) is 20.0. The number of aromatic nitrogens is 4. The number of H-pyrrole nitrogens is 1. The van der Waals surface area contributed by atoms with Crippen LogP contribution in [-0.2, 0) is 6.42 Å². The number of aryl methyl sites for hydroxylation is 2. The van der Waals surface area contributed by atoms with E-state index in [9.17, 15) is 0 Å². The second kappa shape index (κ2) is 6.90. The summed E-state index contributed by atoms with van der Waals surface area (Å²) >= 11 is 5.99. The average Bonchev–Trinajstić information content (AvgIpc) is 3.35. The largest absolute Gasteiger partial charge is 0.457 e. The highest BCUT2D eigenvalue weighted by atomic mass is 35.5. The summed E-state index contributed by atoms with van der Waals surface area (Å²) in [5, 5.41) is 6.66. The van der Waals surface area contributed by atoms with Gasteiger partial charge in [-0.15, -0.1) is 0 Å². The molecule has 3 heterocycles. The van der Waals surface area contributed by atoms with Crippen LogP contribution < -0.4 is 4.74 Å². The molecule has 0 unspecified atom stereocenters. The maximum absolute atomic E-state index is 6.18. The van der Waals surface area contributed by atoms with E-state index >= 15 is 0 Å². The van der Waals surface area contributed by atoms with Crippen LogP contribution in [-0.4, -0.2) is 20.1 Å². The Morgan fingerprint density at radius 2 is 1.90 bits per heavy atom. The molecule has 0 atom stereocenters. The van der Waals surface area contributed by atoms with Gasteiger partial charge in [-0.3, -0.25) is 0 Å². The number of benzene rings is 2. The number of nitrogens with one attached hydrogen (secondary N) is 1. The first-order valence-corrected chi connectivity index (χ1v) is 9.68. The lowest BCUT2D eigenvalue weighted by atomic mass is 10.1. The van der Waals surface area contributed by atoms with Gasteiger partial charge < -0.3 is 14.2 Å². The molecule has 144 valence electrons. The molecule has 0 amide bonds. The number of hydrogen-bond acceptors (Lipinski definition) is 5. The number of nitrogens with zero attached hydrogens (tertiary/aromatic N) is 3. The molecule has 0 spiro atoms. The molecule has 0 fully saturated rings. The summed E-state index contributed by atoms with van der Waals surface area (Å²) in [6.45, 7) is 3.99. The van der Waals surface area contributed by atoms with Gasteiger partial charge in [0.15, 0.2) is 5.82 Å². The average molecular weight is 405 g/mol. The first-order chi connectivity index (χ1) is 14.1. The van der Waals surface area contributed by atoms with Crippen molar-refractivity contribution in [3.05, 3.63) is 65.1 Å². The predicted octanol–water partition coefficient (Wildman–Crippen LogP) is 6.08. The molecule has 5 aromatic rings. The summed E-state index contributed by atoms with van der Waals surface area (Å²) < 4.78 is 11.6. The zero-order valence-corrected chi connectivity index (χ0v) is 16.6. The minimum atomic E-state index is 0.423. The van der Waals surface area contributed by atoms with E-state index in [1.54, 1.807) is 18.3 Å². The van der Waals surface area contributed by atoms with Crippen molar-refractivity contribution in [1.29, 1.82) is 0 Å². The molecule has 0 saturated heterocycles. The zero-order valence-electron chi connectivity index (χ0n) is 15.9. The maximum Gasteiger partial charge on any atom is 0.276 e. The van der Waals surface area contributed by atoms with Crippen molar-refractivity contribution < 1.29 is 9.26 Å². The Hall–Kier alpha value is -3.38. The second-order valence-corrected chi connectivity index (χ2v) is 7.19. The van der Waals surface area contributed by atoms with Gasteiger partial charge in [-0.1, -0.05) is 29.7 Å². The summed E-state index contributed by atoms with van der Waals surface area (Å²) in [4.78, 5) is 12.4. The smallest absolute Gasteiger partial charge is 0.276 e. The molecule has 0 bridgehead atoms. The van der Waals surface area contributed by atoms with Crippen molar-refractivity contribution in [2.75, 3.05) is 0 Å². The van der Waals surface area contributed by atoms with Gasteiger partial charge in [0.05, 0.1) is 22.6 Å². The van der Waals surface area contributed by atoms with Crippen LogP contribution >= 0.6 is 11.6 Å². The fraction of sp³-hybridized carbons (Fsp3) is 0.136. The van der Waals surface area contributed by atoms with Crippen molar-refractivity contribution in [3.8, 4) is 23.1 Å². The molecule has 3 aromatic heterocycles. The Labute approximate surface area is 171 Å². The SMILES string of the molecule is CCc1noc(-c2ncc3[nH]c4cccc(Oc5ccc(Cl)cc5)c4c3c2C)n1. The minimum Gasteiger partial charge on any atom is -0.457 e. The maximum atomic E-state index is 6.18. The van der Waals surface area contributed by atoms with Crippen LogP contribution in [0.5, 0.6) is 11.5 Å². The first kappa shape index (κ1) is 17.7. The van der Waals surface area contributed by atoms with Gasteiger partial charge in [0.25, 0.3) is 5.89 Å². The van der Waals surface area contributed by atoms with E-state index in [0.717, 1.165) is 33.1 Å². The normalized spacial score (nSPS) is 11.4. The highest BCUT2D eigenvalue weighted by Crippen LogP contribution is 2.39. The Morgan fingerprint density at radius 1 is 1.07 bits per heavy atom. The summed E-state index contributed by atoms with van der Waals surface area (Å²) in [6, 6.07) is 13.2. The second-order valence-electron chi connectivity index (χ2n) is 6.75. The molecule has 1 N–H and O–H groups in total. The Balaban J connectivity index is 1.71. The van der Waals surface area contributed by atoms with Crippen LogP contribution in [0.4, 0.5) is 0 Å². The van der Waals surface area contributed by atoms with Crippen LogP contribution in [0.25, 0.3) is 33.4 Å². The van der Waals surface area contributed by atoms with E-state index in [2.05, 4.69) is 20.1 Å². The monoisotopic (exact) mass is 404 g/mol. The number of hydrogen-bond donors (Lipinski definition) is 1. The number of aromatic amines is 1. The lowest BCUT2D eigenvalue weighted by Gasteiger charge is -2.09. The lowest BCUT2D eigenvalue weighted by Crippen LogP contribution is -1.91. The third kappa shape index (κ3) is 3.02. The molecule has 0 aliphatic rings. The van der Waals surface area contributed by atoms with Crippen LogP contribution in [0.15, 0.2) is 53.2 Å². The van der Waals surface area contributed by atoms with Crippen molar-refractivity contribution in [2.24, 2.45) is 0 Å². The molecule has 2 aromatic carbocycles. The molecule has 7 heteroatoms. The molecule has 29 heavy (non-hydrogen) atoms. The fourth-order valence-electron chi connectivity index (χ4n) is 3.49. The number of rotatable bonds is 4. The van der Waals surface area contributed by atoms with E-state index in [4.69, 9.17) is 20.9 Å². The molecule has 0 radical (unpaired) electrons. The highest BCUT2D eigenvalue weighted by molar-refractivity contribution is 6.30. The predicted molar refractivity (Wildman–Crippen MR) is 113 cm³/mol. The molecule has 0 aliphatic heterocycles. The summed E-state index contributed by atoms with van der Waals surface area (Å²) in [5.41, 5.74) is 3.51. The molecule has 0 aliphatic carbocycles. The van der Waals surface area contributed by atoms with Gasteiger partial charge in [-0.25, -0.2) is 4.98 Å². The van der Waals surface area contributed by atoms with Crippen LogP contribution in [0.2, 0.25) is 5.02 Å². The van der Waals surface area contributed by atoms with E-state index in [1.165, 1.54) is 0 Å². The number of ether oxygens (including phenoxy) is 1. The summed E-state index contributed by atoms with van der Waals surface area (Å²) in [5.74, 6) is 2.54. The van der Waals surface area contributed by atoms with Crippen LogP contribution in [0, 0.1) is 6.92 Å². The standard InChI is InChI=1S/C22H17ClN4O2/c1-3-18-26-22(29-27-18)21-12(2)19-16(11-24-21)25-15-5-4-6-17(20(15)19)28-14-9-7-13(23)8-10-14/h4-11,25H,3H2,1-2H3. The van der Waals surface area contributed by atoms with E-state index in [-0.39, 0.29) is 0 Å². The van der Waals surface area contributed by atoms with E-state index < -0.39 is 0 Å². The third-order valence-corrected chi connectivity index (χ3v) is 5.15. The van der Waals surface area contributed by atoms with Crippen molar-refractivity contribution in [1.82, 2.24) is 20.1 Å².